The molecular formula is C17H19N5O4S. The Morgan fingerprint density at radius 1 is 1.33 bits per heavy atom. The molecule has 0 radical (unpaired) electrons. The van der Waals surface area contributed by atoms with Gasteiger partial charge in [0.15, 0.2) is 5.82 Å². The van der Waals surface area contributed by atoms with E-state index < -0.39 is 16.1 Å². The van der Waals surface area contributed by atoms with Crippen LogP contribution >= 0.6 is 0 Å². The summed E-state index contributed by atoms with van der Waals surface area (Å²) in [7, 11) is -3.77. The quantitative estimate of drug-likeness (QED) is 0.723. The van der Waals surface area contributed by atoms with Gasteiger partial charge < -0.3 is 9.51 Å². The largest absolute Gasteiger partial charge is 0.339 e. The molecule has 10 heteroatoms. The molecule has 1 atom stereocenters. The number of aromatic amines is 1. The molecule has 0 bridgehead atoms. The normalized spacial score (nSPS) is 18.6. The molecule has 3 aromatic rings. The summed E-state index contributed by atoms with van der Waals surface area (Å²) in [5.41, 5.74) is 0.558. The standard InChI is InChI=1S/C17H19N5O4S/c1-10(2)17-20-16(21-26-17)14-4-3-7-22(14)27(24,25)11-5-6-12-13(8-11)18-9-15(23)19-12/h5-6,8-10,14H,3-4,7H2,1-2H3,(H,19,23). The number of nitrogens with zero attached hydrogens (tertiary/aromatic N) is 4. The molecule has 0 aliphatic carbocycles. The number of rotatable bonds is 4. The Kier molecular flexibility index (Phi) is 4.31. The Bertz CT molecular complexity index is 1150. The molecule has 1 unspecified atom stereocenters. The highest BCUT2D eigenvalue weighted by Gasteiger charge is 2.39. The molecule has 0 amide bonds. The summed E-state index contributed by atoms with van der Waals surface area (Å²) < 4.78 is 33.1. The van der Waals surface area contributed by atoms with Gasteiger partial charge in [-0.15, -0.1) is 0 Å². The molecule has 0 saturated carbocycles. The highest BCUT2D eigenvalue weighted by molar-refractivity contribution is 7.89. The van der Waals surface area contributed by atoms with Gasteiger partial charge in [-0.3, -0.25) is 4.79 Å². The first kappa shape index (κ1) is 17.8. The molecule has 0 spiro atoms. The van der Waals surface area contributed by atoms with E-state index in [-0.39, 0.29) is 16.4 Å². The van der Waals surface area contributed by atoms with Gasteiger partial charge in [-0.05, 0) is 31.0 Å². The van der Waals surface area contributed by atoms with Gasteiger partial charge in [-0.25, -0.2) is 13.4 Å². The van der Waals surface area contributed by atoms with E-state index in [0.29, 0.717) is 42.1 Å². The second-order valence-electron chi connectivity index (χ2n) is 6.85. The van der Waals surface area contributed by atoms with E-state index in [1.165, 1.54) is 16.4 Å². The lowest BCUT2D eigenvalue weighted by Crippen LogP contribution is -2.31. The summed E-state index contributed by atoms with van der Waals surface area (Å²) in [5.74, 6) is 0.961. The molecule has 9 nitrogen and oxygen atoms in total. The maximum absolute atomic E-state index is 13.2. The van der Waals surface area contributed by atoms with Crippen molar-refractivity contribution in [1.29, 1.82) is 0 Å². The van der Waals surface area contributed by atoms with Crippen molar-refractivity contribution in [1.82, 2.24) is 24.4 Å². The molecule has 3 heterocycles. The second-order valence-corrected chi connectivity index (χ2v) is 8.74. The number of hydrogen-bond donors (Lipinski definition) is 1. The van der Waals surface area contributed by atoms with Crippen molar-refractivity contribution in [2.75, 3.05) is 6.54 Å². The second kappa shape index (κ2) is 6.54. The van der Waals surface area contributed by atoms with E-state index in [1.807, 2.05) is 13.8 Å². The van der Waals surface area contributed by atoms with E-state index in [1.54, 1.807) is 6.07 Å². The van der Waals surface area contributed by atoms with Crippen LogP contribution in [-0.2, 0) is 10.0 Å². The van der Waals surface area contributed by atoms with Gasteiger partial charge in [0.2, 0.25) is 15.9 Å². The summed E-state index contributed by atoms with van der Waals surface area (Å²) in [6.45, 7) is 4.26. The van der Waals surface area contributed by atoms with Crippen LogP contribution in [0, 0.1) is 0 Å². The van der Waals surface area contributed by atoms with Crippen LogP contribution in [0.15, 0.2) is 38.6 Å². The third-order valence-corrected chi connectivity index (χ3v) is 6.51. The first-order valence-electron chi connectivity index (χ1n) is 8.70. The van der Waals surface area contributed by atoms with Crippen molar-refractivity contribution in [3.8, 4) is 0 Å². The lowest BCUT2D eigenvalue weighted by atomic mass is 10.2. The van der Waals surface area contributed by atoms with E-state index in [2.05, 4.69) is 20.1 Å². The van der Waals surface area contributed by atoms with E-state index in [4.69, 9.17) is 4.52 Å². The monoisotopic (exact) mass is 389 g/mol. The zero-order valence-electron chi connectivity index (χ0n) is 14.9. The Morgan fingerprint density at radius 2 is 2.15 bits per heavy atom. The molecule has 1 saturated heterocycles. The average Bonchev–Trinajstić information content (AvgIpc) is 3.30. The molecule has 2 aromatic heterocycles. The molecule has 1 aromatic carbocycles. The number of H-pyrrole nitrogens is 1. The average molecular weight is 389 g/mol. The summed E-state index contributed by atoms with van der Waals surface area (Å²) in [4.78, 5) is 22.5. The molecule has 1 aliphatic heterocycles. The first-order chi connectivity index (χ1) is 12.9. The van der Waals surface area contributed by atoms with E-state index in [0.717, 1.165) is 6.20 Å². The smallest absolute Gasteiger partial charge is 0.266 e. The van der Waals surface area contributed by atoms with Gasteiger partial charge in [0.05, 0.1) is 28.2 Å². The lowest BCUT2D eigenvalue weighted by Gasteiger charge is -2.21. The number of nitrogens with one attached hydrogen (secondary N) is 1. The van der Waals surface area contributed by atoms with Gasteiger partial charge in [0.25, 0.3) is 5.56 Å². The van der Waals surface area contributed by atoms with Crippen LogP contribution in [0.25, 0.3) is 11.0 Å². The summed E-state index contributed by atoms with van der Waals surface area (Å²) in [6.07, 6.45) is 2.48. The Morgan fingerprint density at radius 3 is 2.89 bits per heavy atom. The molecule has 4 rings (SSSR count). The van der Waals surface area contributed by atoms with Crippen LogP contribution in [0.2, 0.25) is 0 Å². The summed E-state index contributed by atoms with van der Waals surface area (Å²) >= 11 is 0. The minimum Gasteiger partial charge on any atom is -0.339 e. The van der Waals surface area contributed by atoms with Crippen molar-refractivity contribution in [3.05, 3.63) is 46.5 Å². The van der Waals surface area contributed by atoms with Crippen molar-refractivity contribution in [3.63, 3.8) is 0 Å². The van der Waals surface area contributed by atoms with Crippen molar-refractivity contribution >= 4 is 21.1 Å². The van der Waals surface area contributed by atoms with Crippen LogP contribution in [0.3, 0.4) is 0 Å². The predicted molar refractivity (Wildman–Crippen MR) is 96.6 cm³/mol. The third kappa shape index (κ3) is 3.15. The van der Waals surface area contributed by atoms with Gasteiger partial charge in [0, 0.05) is 12.5 Å². The number of hydrogen-bond acceptors (Lipinski definition) is 7. The van der Waals surface area contributed by atoms with Crippen LogP contribution in [0.5, 0.6) is 0 Å². The number of fused-ring (bicyclic) bond motifs is 1. The lowest BCUT2D eigenvalue weighted by molar-refractivity contribution is 0.338. The summed E-state index contributed by atoms with van der Waals surface area (Å²) in [5, 5.41) is 3.99. The maximum atomic E-state index is 13.2. The number of benzene rings is 1. The zero-order chi connectivity index (χ0) is 19.2. The van der Waals surface area contributed by atoms with Gasteiger partial charge in [0.1, 0.15) is 0 Å². The van der Waals surface area contributed by atoms with Crippen LogP contribution < -0.4 is 5.56 Å². The number of aromatic nitrogens is 4. The van der Waals surface area contributed by atoms with Crippen molar-refractivity contribution in [2.45, 2.75) is 43.5 Å². The van der Waals surface area contributed by atoms with Crippen LogP contribution in [-0.4, -0.2) is 39.4 Å². The van der Waals surface area contributed by atoms with Crippen molar-refractivity contribution in [2.24, 2.45) is 0 Å². The van der Waals surface area contributed by atoms with E-state index >= 15 is 0 Å². The van der Waals surface area contributed by atoms with Crippen LogP contribution in [0.4, 0.5) is 0 Å². The van der Waals surface area contributed by atoms with Gasteiger partial charge in [-0.2, -0.15) is 9.29 Å². The summed E-state index contributed by atoms with van der Waals surface area (Å²) in [6, 6.07) is 4.03. The minimum absolute atomic E-state index is 0.0754. The molecule has 1 aliphatic rings. The maximum Gasteiger partial charge on any atom is 0.266 e. The minimum atomic E-state index is -3.77. The SMILES string of the molecule is CC(C)c1nc(C2CCCN2S(=O)(=O)c2ccc3[nH]c(=O)cnc3c2)no1. The molecule has 142 valence electrons. The Hall–Kier alpha value is -2.59. The van der Waals surface area contributed by atoms with Crippen molar-refractivity contribution < 1.29 is 12.9 Å². The molecule has 27 heavy (non-hydrogen) atoms. The molecule has 1 N–H and O–H groups in total. The topological polar surface area (TPSA) is 122 Å². The fourth-order valence-electron chi connectivity index (χ4n) is 3.22. The number of sulfonamides is 1. The third-order valence-electron chi connectivity index (χ3n) is 4.61. The van der Waals surface area contributed by atoms with Gasteiger partial charge >= 0.3 is 0 Å². The highest BCUT2D eigenvalue weighted by Crippen LogP contribution is 2.36. The highest BCUT2D eigenvalue weighted by atomic mass is 32.2. The van der Waals surface area contributed by atoms with Gasteiger partial charge in [-0.1, -0.05) is 19.0 Å². The van der Waals surface area contributed by atoms with E-state index in [9.17, 15) is 13.2 Å². The fourth-order valence-corrected chi connectivity index (χ4v) is 4.89. The fraction of sp³-hybridized carbons (Fsp3) is 0.412. The molecule has 1 fully saturated rings. The predicted octanol–water partition coefficient (Wildman–Crippen LogP) is 1.96. The zero-order valence-corrected chi connectivity index (χ0v) is 15.7. The Balaban J connectivity index is 1.71. The van der Waals surface area contributed by atoms with Crippen LogP contribution in [0.1, 0.15) is 50.4 Å². The first-order valence-corrected chi connectivity index (χ1v) is 10.1. The Labute approximate surface area is 155 Å². The molecular weight excluding hydrogens is 370 g/mol.